The monoisotopic (exact) mass is 152 g/mol. The van der Waals surface area contributed by atoms with E-state index < -0.39 is 5.97 Å². The molecule has 0 heterocycles. The molecule has 4 heteroatoms. The molecular weight excluding hydrogens is 144 g/mol. The first-order valence-corrected chi connectivity index (χ1v) is 3.14. The third-order valence-corrected chi connectivity index (χ3v) is 0.835. The number of hydrogen-bond acceptors (Lipinski definition) is 3. The van der Waals surface area contributed by atoms with Crippen molar-refractivity contribution in [3.63, 3.8) is 0 Å². The largest absolute Gasteiger partial charge is 0.438 e. The maximum Gasteiger partial charge on any atom is 0.322 e. The van der Waals surface area contributed by atoms with Gasteiger partial charge in [0.15, 0.2) is 6.79 Å². The summed E-state index contributed by atoms with van der Waals surface area (Å²) in [6, 6.07) is 0. The van der Waals surface area contributed by atoms with Gasteiger partial charge in [-0.05, 0) is 6.92 Å². The van der Waals surface area contributed by atoms with Gasteiger partial charge in [0, 0.05) is 6.61 Å². The Morgan fingerprint density at radius 1 is 1.67 bits per heavy atom. The van der Waals surface area contributed by atoms with E-state index in [1.54, 1.807) is 0 Å². The fraction of sp³-hybridized carbons (Fsp3) is 0.800. The Kier molecular flexibility index (Phi) is 5.67. The third kappa shape index (κ3) is 5.59. The zero-order valence-corrected chi connectivity index (χ0v) is 5.98. The van der Waals surface area contributed by atoms with Crippen molar-refractivity contribution in [2.45, 2.75) is 6.92 Å². The molecule has 0 unspecified atom stereocenters. The van der Waals surface area contributed by atoms with Crippen LogP contribution in [0.15, 0.2) is 0 Å². The summed E-state index contributed by atoms with van der Waals surface area (Å²) < 4.78 is 9.14. The van der Waals surface area contributed by atoms with Gasteiger partial charge in [0.1, 0.15) is 5.88 Å². The number of hydrogen-bond donors (Lipinski definition) is 0. The van der Waals surface area contributed by atoms with Crippen molar-refractivity contribution in [2.24, 2.45) is 0 Å². The van der Waals surface area contributed by atoms with E-state index in [2.05, 4.69) is 4.74 Å². The van der Waals surface area contributed by atoms with Gasteiger partial charge in [-0.2, -0.15) is 0 Å². The minimum Gasteiger partial charge on any atom is -0.438 e. The van der Waals surface area contributed by atoms with Gasteiger partial charge in [0.2, 0.25) is 0 Å². The van der Waals surface area contributed by atoms with E-state index in [1.807, 2.05) is 6.92 Å². The summed E-state index contributed by atoms with van der Waals surface area (Å²) >= 11 is 5.10. The Labute approximate surface area is 58.9 Å². The zero-order chi connectivity index (χ0) is 7.11. The Bertz CT molecular complexity index is 84.3. The lowest BCUT2D eigenvalue weighted by atomic mass is 10.8. The van der Waals surface area contributed by atoms with Crippen LogP contribution in [-0.2, 0) is 14.3 Å². The molecule has 0 amide bonds. The Morgan fingerprint density at radius 3 is 2.78 bits per heavy atom. The summed E-state index contributed by atoms with van der Waals surface area (Å²) in [6.07, 6.45) is 0. The van der Waals surface area contributed by atoms with Crippen LogP contribution in [0.2, 0.25) is 0 Å². The lowest BCUT2D eigenvalue weighted by Gasteiger charge is -1.99. The molecule has 0 aliphatic carbocycles. The number of carbonyl (C=O) groups excluding carboxylic acids is 1. The van der Waals surface area contributed by atoms with E-state index in [1.165, 1.54) is 0 Å². The molecule has 0 spiro atoms. The van der Waals surface area contributed by atoms with Gasteiger partial charge in [-0.25, -0.2) is 0 Å². The van der Waals surface area contributed by atoms with Crippen LogP contribution >= 0.6 is 11.6 Å². The molecule has 9 heavy (non-hydrogen) atoms. The highest BCUT2D eigenvalue weighted by atomic mass is 35.5. The highest BCUT2D eigenvalue weighted by Gasteiger charge is 1.96. The van der Waals surface area contributed by atoms with Crippen LogP contribution in [0.3, 0.4) is 0 Å². The van der Waals surface area contributed by atoms with Crippen molar-refractivity contribution < 1.29 is 14.3 Å². The predicted octanol–water partition coefficient (Wildman–Crippen LogP) is 0.762. The number of rotatable bonds is 4. The predicted molar refractivity (Wildman–Crippen MR) is 33.3 cm³/mol. The lowest BCUT2D eigenvalue weighted by molar-refractivity contribution is -0.152. The summed E-state index contributed by atoms with van der Waals surface area (Å²) in [4.78, 5) is 10.3. The van der Waals surface area contributed by atoms with E-state index in [0.29, 0.717) is 6.61 Å². The summed E-state index contributed by atoms with van der Waals surface area (Å²) in [5, 5.41) is 0. The molecule has 0 rings (SSSR count). The van der Waals surface area contributed by atoms with Crippen LogP contribution in [0, 0.1) is 0 Å². The van der Waals surface area contributed by atoms with Crippen molar-refractivity contribution >= 4 is 17.6 Å². The number of esters is 1. The van der Waals surface area contributed by atoms with Crippen LogP contribution in [0.4, 0.5) is 0 Å². The minimum atomic E-state index is -0.454. The number of ether oxygens (including phenoxy) is 2. The van der Waals surface area contributed by atoms with Crippen LogP contribution in [-0.4, -0.2) is 25.2 Å². The van der Waals surface area contributed by atoms with E-state index in [-0.39, 0.29) is 12.7 Å². The smallest absolute Gasteiger partial charge is 0.322 e. The molecule has 0 aliphatic rings. The summed E-state index contributed by atoms with van der Waals surface area (Å²) in [6.45, 7) is 2.35. The quantitative estimate of drug-likeness (QED) is 0.258. The van der Waals surface area contributed by atoms with Crippen molar-refractivity contribution in [2.75, 3.05) is 19.3 Å². The molecule has 0 aliphatic heterocycles. The van der Waals surface area contributed by atoms with Gasteiger partial charge in [0.05, 0.1) is 0 Å². The van der Waals surface area contributed by atoms with Crippen LogP contribution in [0.1, 0.15) is 6.92 Å². The Hall–Kier alpha value is -0.280. The second-order valence-corrected chi connectivity index (χ2v) is 1.53. The SMILES string of the molecule is CCOCOC(=O)CCl. The number of halogens is 1. The van der Waals surface area contributed by atoms with Gasteiger partial charge in [0.25, 0.3) is 0 Å². The maximum atomic E-state index is 10.3. The van der Waals surface area contributed by atoms with E-state index in [9.17, 15) is 4.79 Å². The summed E-state index contributed by atoms with van der Waals surface area (Å²) in [5.74, 6) is -0.572. The van der Waals surface area contributed by atoms with Gasteiger partial charge in [-0.1, -0.05) is 0 Å². The van der Waals surface area contributed by atoms with Gasteiger partial charge in [-0.3, -0.25) is 4.79 Å². The molecule has 0 bridgehead atoms. The second kappa shape index (κ2) is 5.85. The van der Waals surface area contributed by atoms with Crippen molar-refractivity contribution in [1.29, 1.82) is 0 Å². The van der Waals surface area contributed by atoms with Crippen LogP contribution in [0.25, 0.3) is 0 Å². The van der Waals surface area contributed by atoms with E-state index in [0.717, 1.165) is 0 Å². The first kappa shape index (κ1) is 8.72. The lowest BCUT2D eigenvalue weighted by Crippen LogP contribution is -2.08. The number of carbonyl (C=O) groups is 1. The van der Waals surface area contributed by atoms with Crippen molar-refractivity contribution in [3.8, 4) is 0 Å². The molecule has 0 aromatic heterocycles. The first-order valence-electron chi connectivity index (χ1n) is 2.60. The Morgan fingerprint density at radius 2 is 2.33 bits per heavy atom. The molecule has 0 atom stereocenters. The Balaban J connectivity index is 2.97. The highest BCUT2D eigenvalue weighted by Crippen LogP contribution is 1.82. The molecule has 0 aromatic carbocycles. The molecule has 0 N–H and O–H groups in total. The molecule has 0 fully saturated rings. The highest BCUT2D eigenvalue weighted by molar-refractivity contribution is 6.26. The van der Waals surface area contributed by atoms with Crippen molar-refractivity contribution in [1.82, 2.24) is 0 Å². The molecule has 0 radical (unpaired) electrons. The number of alkyl halides is 1. The fourth-order valence-electron chi connectivity index (χ4n) is 0.229. The summed E-state index contributed by atoms with van der Waals surface area (Å²) in [5.41, 5.74) is 0. The minimum absolute atomic E-state index is 0.00204. The van der Waals surface area contributed by atoms with Gasteiger partial charge >= 0.3 is 5.97 Å². The molecule has 0 saturated heterocycles. The van der Waals surface area contributed by atoms with E-state index >= 15 is 0 Å². The average Bonchev–Trinajstić information content (AvgIpc) is 1.89. The van der Waals surface area contributed by atoms with Crippen LogP contribution in [0.5, 0.6) is 0 Å². The molecule has 0 saturated carbocycles. The second-order valence-electron chi connectivity index (χ2n) is 1.26. The normalized spacial score (nSPS) is 9.11. The molecule has 0 aromatic rings. The summed E-state index contributed by atoms with van der Waals surface area (Å²) in [7, 11) is 0. The zero-order valence-electron chi connectivity index (χ0n) is 5.22. The molecule has 54 valence electrons. The van der Waals surface area contributed by atoms with E-state index in [4.69, 9.17) is 16.3 Å². The topological polar surface area (TPSA) is 35.5 Å². The van der Waals surface area contributed by atoms with Gasteiger partial charge < -0.3 is 9.47 Å². The maximum absolute atomic E-state index is 10.3. The molecule has 3 nitrogen and oxygen atoms in total. The van der Waals surface area contributed by atoms with Crippen molar-refractivity contribution in [3.05, 3.63) is 0 Å². The average molecular weight is 153 g/mol. The fourth-order valence-corrected chi connectivity index (χ4v) is 0.306. The van der Waals surface area contributed by atoms with Crippen LogP contribution < -0.4 is 0 Å². The standard InChI is InChI=1S/C5H9ClO3/c1-2-8-4-9-5(7)3-6/h2-4H2,1H3. The molecular formula is C5H9ClO3. The third-order valence-electron chi connectivity index (χ3n) is 0.616. The first-order chi connectivity index (χ1) is 4.31. The van der Waals surface area contributed by atoms with Gasteiger partial charge in [-0.15, -0.1) is 11.6 Å².